The minimum Gasteiger partial charge on any atom is -0.455 e. The van der Waals surface area contributed by atoms with E-state index < -0.39 is 47.0 Å². The first-order chi connectivity index (χ1) is 24.9. The van der Waals surface area contributed by atoms with Gasteiger partial charge in [0.25, 0.3) is 0 Å². The zero-order chi connectivity index (χ0) is 38.7. The SMILES string of the molecule is CC(C)(C)OC(=O)c1cc2cc(NC(=O)[C@H](Cc3ccc(N)cc3)NC(=O)C(=O)Nc3cc(Cl)ccc3-n3cnnn3)ccc2n1C(=O)OC(C)(C)C. The van der Waals surface area contributed by atoms with Crippen molar-refractivity contribution in [3.63, 3.8) is 0 Å². The van der Waals surface area contributed by atoms with Crippen LogP contribution in [-0.2, 0) is 30.3 Å². The number of anilines is 3. The quantitative estimate of drug-likeness (QED) is 0.0953. The van der Waals surface area contributed by atoms with Crippen LogP contribution in [0.2, 0.25) is 5.02 Å². The molecule has 0 fully saturated rings. The van der Waals surface area contributed by atoms with Crippen LogP contribution in [0.4, 0.5) is 21.9 Å². The van der Waals surface area contributed by atoms with E-state index in [-0.39, 0.29) is 28.5 Å². The molecule has 276 valence electrons. The molecule has 5 N–H and O–H groups in total. The van der Waals surface area contributed by atoms with Gasteiger partial charge in [0.2, 0.25) is 5.91 Å². The van der Waals surface area contributed by atoms with Gasteiger partial charge in [-0.05, 0) is 112 Å². The molecule has 3 aromatic carbocycles. The van der Waals surface area contributed by atoms with E-state index in [2.05, 4.69) is 31.5 Å². The van der Waals surface area contributed by atoms with E-state index in [9.17, 15) is 24.0 Å². The fraction of sp³-hybridized carbons (Fsp3) is 0.278. The van der Waals surface area contributed by atoms with Crippen molar-refractivity contribution in [1.82, 2.24) is 30.1 Å². The van der Waals surface area contributed by atoms with Crippen LogP contribution in [0.1, 0.15) is 57.6 Å². The van der Waals surface area contributed by atoms with E-state index in [1.54, 1.807) is 84.0 Å². The van der Waals surface area contributed by atoms with Gasteiger partial charge < -0.3 is 31.2 Å². The van der Waals surface area contributed by atoms with E-state index in [0.29, 0.717) is 27.8 Å². The first kappa shape index (κ1) is 38.0. The number of ether oxygens (including phenoxy) is 2. The van der Waals surface area contributed by atoms with Crippen molar-refractivity contribution in [2.24, 2.45) is 0 Å². The Balaban J connectivity index is 1.42. The molecule has 5 rings (SSSR count). The lowest BCUT2D eigenvalue weighted by atomic mass is 10.0. The molecule has 5 aromatic rings. The molecular weight excluding hydrogens is 706 g/mol. The fourth-order valence-electron chi connectivity index (χ4n) is 5.09. The standard InChI is InChI=1S/C36H38ClN9O7/c1-35(2,3)52-33(50)29-17-21-16-24(12-14-27(21)46(29)34(51)53-36(4,5)6)40-30(47)26(15-20-7-10-23(38)11-8-20)42-32(49)31(48)41-25-18-22(37)9-13-28(25)45-19-39-43-44-45/h7-14,16-19,26H,15,38H2,1-6H3,(H,40,47)(H,41,48)(H,42,49)/t26-/m0/s1. The summed E-state index contributed by atoms with van der Waals surface area (Å²) in [7, 11) is 0. The topological polar surface area (TPSA) is 214 Å². The van der Waals surface area contributed by atoms with Gasteiger partial charge in [-0.2, -0.15) is 4.68 Å². The van der Waals surface area contributed by atoms with Crippen molar-refractivity contribution in [2.75, 3.05) is 16.4 Å². The highest BCUT2D eigenvalue weighted by molar-refractivity contribution is 6.40. The Hall–Kier alpha value is -6.29. The average molecular weight is 744 g/mol. The predicted octanol–water partition coefficient (Wildman–Crippen LogP) is 4.90. The van der Waals surface area contributed by atoms with Crippen LogP contribution in [-0.4, -0.2) is 71.8 Å². The van der Waals surface area contributed by atoms with E-state index in [1.807, 2.05) is 0 Å². The highest BCUT2D eigenvalue weighted by atomic mass is 35.5. The number of nitrogens with zero attached hydrogens (tertiary/aromatic N) is 5. The number of hydrogen-bond donors (Lipinski definition) is 4. The Bertz CT molecular complexity index is 2190. The van der Waals surface area contributed by atoms with Gasteiger partial charge in [0, 0.05) is 28.2 Å². The summed E-state index contributed by atoms with van der Waals surface area (Å²) < 4.78 is 13.5. The summed E-state index contributed by atoms with van der Waals surface area (Å²) in [6.45, 7) is 10.2. The summed E-state index contributed by atoms with van der Waals surface area (Å²) in [5.41, 5.74) is 6.26. The molecule has 0 bridgehead atoms. The largest absolute Gasteiger partial charge is 0.455 e. The minimum atomic E-state index is -1.25. The van der Waals surface area contributed by atoms with Gasteiger partial charge in [0.1, 0.15) is 29.3 Å². The highest BCUT2D eigenvalue weighted by Crippen LogP contribution is 2.28. The molecule has 3 amide bonds. The van der Waals surface area contributed by atoms with Crippen LogP contribution in [0.15, 0.2) is 73.1 Å². The number of fused-ring (bicyclic) bond motifs is 1. The summed E-state index contributed by atoms with van der Waals surface area (Å²) in [4.78, 5) is 66.8. The molecule has 1 atom stereocenters. The number of carbonyl (C=O) groups excluding carboxylic acids is 5. The number of carbonyl (C=O) groups is 5. The summed E-state index contributed by atoms with van der Waals surface area (Å²) in [6.07, 6.45) is 0.490. The summed E-state index contributed by atoms with van der Waals surface area (Å²) in [5.74, 6) is -3.62. The molecule has 0 aliphatic heterocycles. The minimum absolute atomic E-state index is 0.0156. The van der Waals surface area contributed by atoms with Crippen LogP contribution in [0.3, 0.4) is 0 Å². The van der Waals surface area contributed by atoms with Crippen molar-refractivity contribution < 1.29 is 33.4 Å². The number of aromatic nitrogens is 5. The number of tetrazole rings is 1. The molecule has 17 heteroatoms. The molecule has 2 heterocycles. The lowest BCUT2D eigenvalue weighted by Crippen LogP contribution is -2.49. The van der Waals surface area contributed by atoms with Crippen molar-refractivity contribution in [2.45, 2.75) is 65.2 Å². The number of nitrogens with two attached hydrogens (primary N) is 1. The van der Waals surface area contributed by atoms with Gasteiger partial charge in [-0.1, -0.05) is 23.7 Å². The first-order valence-electron chi connectivity index (χ1n) is 16.3. The number of esters is 1. The second kappa shape index (κ2) is 15.1. The number of amides is 3. The van der Waals surface area contributed by atoms with Crippen molar-refractivity contribution >= 4 is 69.4 Å². The van der Waals surface area contributed by atoms with Crippen LogP contribution < -0.4 is 21.7 Å². The van der Waals surface area contributed by atoms with Crippen molar-refractivity contribution in [3.05, 3.63) is 89.3 Å². The van der Waals surface area contributed by atoms with Crippen molar-refractivity contribution in [3.8, 4) is 5.69 Å². The second-order valence-corrected chi connectivity index (χ2v) is 14.4. The zero-order valence-electron chi connectivity index (χ0n) is 29.8. The Morgan fingerprint density at radius 1 is 0.849 bits per heavy atom. The third-order valence-electron chi connectivity index (χ3n) is 7.30. The molecule has 0 aliphatic carbocycles. The monoisotopic (exact) mass is 743 g/mol. The van der Waals surface area contributed by atoms with Crippen LogP contribution in [0.25, 0.3) is 16.6 Å². The molecule has 16 nitrogen and oxygen atoms in total. The normalized spacial score (nSPS) is 12.1. The number of nitrogen functional groups attached to an aromatic ring is 1. The Morgan fingerprint density at radius 3 is 2.19 bits per heavy atom. The molecule has 0 radical (unpaired) electrons. The van der Waals surface area contributed by atoms with Gasteiger partial charge in [0.05, 0.1) is 16.9 Å². The summed E-state index contributed by atoms with van der Waals surface area (Å²) in [6, 6.07) is 16.0. The van der Waals surface area contributed by atoms with Crippen molar-refractivity contribution in [1.29, 1.82) is 0 Å². The number of benzene rings is 3. The van der Waals surface area contributed by atoms with Gasteiger partial charge in [-0.25, -0.2) is 14.2 Å². The average Bonchev–Trinajstić information content (AvgIpc) is 3.72. The third-order valence-corrected chi connectivity index (χ3v) is 7.54. The molecule has 0 saturated heterocycles. The number of halogens is 1. The lowest BCUT2D eigenvalue weighted by molar-refractivity contribution is -0.137. The van der Waals surface area contributed by atoms with Gasteiger partial charge in [-0.15, -0.1) is 5.10 Å². The Kier molecular flexibility index (Phi) is 10.8. The molecule has 0 aliphatic rings. The van der Waals surface area contributed by atoms with Gasteiger partial charge in [0.15, 0.2) is 0 Å². The number of hydrogen-bond acceptors (Lipinski definition) is 11. The number of rotatable bonds is 8. The molecule has 0 saturated carbocycles. The van der Waals surface area contributed by atoms with Gasteiger partial charge in [-0.3, -0.25) is 14.4 Å². The second-order valence-electron chi connectivity index (χ2n) is 14.0. The maximum atomic E-state index is 13.8. The Morgan fingerprint density at radius 2 is 1.55 bits per heavy atom. The molecule has 0 unspecified atom stereocenters. The Labute approximate surface area is 308 Å². The molecular formula is C36H38ClN9O7. The summed E-state index contributed by atoms with van der Waals surface area (Å²) >= 11 is 6.15. The van der Waals surface area contributed by atoms with E-state index >= 15 is 0 Å². The lowest BCUT2D eigenvalue weighted by Gasteiger charge is -2.22. The molecule has 0 spiro atoms. The first-order valence-corrected chi connectivity index (χ1v) is 16.7. The highest BCUT2D eigenvalue weighted by Gasteiger charge is 2.29. The third kappa shape index (κ3) is 9.74. The maximum absolute atomic E-state index is 13.8. The van der Waals surface area contributed by atoms with Crippen LogP contribution in [0.5, 0.6) is 0 Å². The molecule has 2 aromatic heterocycles. The zero-order valence-corrected chi connectivity index (χ0v) is 30.5. The van der Waals surface area contributed by atoms with E-state index in [1.165, 1.54) is 35.3 Å². The fourth-order valence-corrected chi connectivity index (χ4v) is 5.26. The van der Waals surface area contributed by atoms with E-state index in [0.717, 1.165) is 4.57 Å². The van der Waals surface area contributed by atoms with Crippen LogP contribution in [0, 0.1) is 0 Å². The summed E-state index contributed by atoms with van der Waals surface area (Å²) in [5, 5.41) is 19.5. The maximum Gasteiger partial charge on any atom is 0.419 e. The number of nitrogens with one attached hydrogen (secondary N) is 3. The predicted molar refractivity (Wildman–Crippen MR) is 197 cm³/mol. The van der Waals surface area contributed by atoms with E-state index in [4.69, 9.17) is 26.8 Å². The van der Waals surface area contributed by atoms with Crippen LogP contribution >= 0.6 is 11.6 Å². The molecule has 53 heavy (non-hydrogen) atoms. The van der Waals surface area contributed by atoms with Gasteiger partial charge >= 0.3 is 23.9 Å². The smallest absolute Gasteiger partial charge is 0.419 e.